The summed E-state index contributed by atoms with van der Waals surface area (Å²) in [5, 5.41) is 3.64. The van der Waals surface area contributed by atoms with Gasteiger partial charge in [-0.05, 0) is 51.0 Å². The molecule has 146 valence electrons. The molecule has 3 saturated heterocycles. The summed E-state index contributed by atoms with van der Waals surface area (Å²) in [7, 11) is 1.93. The summed E-state index contributed by atoms with van der Waals surface area (Å²) in [6.45, 7) is 1.98. The second-order valence-corrected chi connectivity index (χ2v) is 7.47. The Morgan fingerprint density at radius 1 is 1.15 bits per heavy atom. The van der Waals surface area contributed by atoms with E-state index < -0.39 is 0 Å². The Hall–Kier alpha value is -1.11. The summed E-state index contributed by atoms with van der Waals surface area (Å²) in [5.41, 5.74) is 0.527. The summed E-state index contributed by atoms with van der Waals surface area (Å²) in [4.78, 5) is 26.0. The van der Waals surface area contributed by atoms with Crippen molar-refractivity contribution in [2.45, 2.75) is 63.1 Å². The van der Waals surface area contributed by atoms with Crippen LogP contribution in [-0.4, -0.2) is 59.0 Å². The number of amides is 1. The zero-order chi connectivity index (χ0) is 16.5. The molecular formula is C18H29Cl2N5O. The average Bonchev–Trinajstić information content (AvgIpc) is 2.99. The van der Waals surface area contributed by atoms with E-state index in [2.05, 4.69) is 20.2 Å². The van der Waals surface area contributed by atoms with Gasteiger partial charge in [0, 0.05) is 44.5 Å². The first kappa shape index (κ1) is 21.2. The molecule has 0 aliphatic carbocycles. The number of rotatable bonds is 3. The van der Waals surface area contributed by atoms with E-state index in [0.717, 1.165) is 25.9 Å². The van der Waals surface area contributed by atoms with E-state index in [0.29, 0.717) is 29.8 Å². The van der Waals surface area contributed by atoms with E-state index in [9.17, 15) is 4.79 Å². The lowest BCUT2D eigenvalue weighted by Crippen LogP contribution is -2.48. The molecule has 4 heterocycles. The third-order valence-electron chi connectivity index (χ3n) is 5.82. The third-order valence-corrected chi connectivity index (χ3v) is 5.82. The first-order chi connectivity index (χ1) is 11.7. The van der Waals surface area contributed by atoms with Crippen molar-refractivity contribution in [1.29, 1.82) is 0 Å². The van der Waals surface area contributed by atoms with Gasteiger partial charge in [0.2, 0.25) is 5.95 Å². The SMILES string of the molecule is CN(C(=O)c1ccnc(N2CCCCC2)n1)C1CC2CCC(C1)N2.Cl.Cl. The van der Waals surface area contributed by atoms with Gasteiger partial charge in [-0.15, -0.1) is 24.8 Å². The van der Waals surface area contributed by atoms with Crippen LogP contribution < -0.4 is 10.2 Å². The van der Waals surface area contributed by atoms with Gasteiger partial charge >= 0.3 is 0 Å². The van der Waals surface area contributed by atoms with Crippen LogP contribution in [0.3, 0.4) is 0 Å². The second kappa shape index (κ2) is 9.20. The first-order valence-corrected chi connectivity index (χ1v) is 9.32. The molecule has 3 aliphatic rings. The topological polar surface area (TPSA) is 61.4 Å². The molecule has 8 heteroatoms. The number of anilines is 1. The lowest BCUT2D eigenvalue weighted by atomic mass is 9.98. The Morgan fingerprint density at radius 2 is 1.81 bits per heavy atom. The molecule has 2 bridgehead atoms. The Kier molecular flexibility index (Phi) is 7.50. The van der Waals surface area contributed by atoms with Crippen LogP contribution in [0.2, 0.25) is 0 Å². The standard InChI is InChI=1S/C18H27N5O.2ClH/c1-22(15-11-13-5-6-14(12-15)20-13)17(24)16-7-8-19-18(21-16)23-9-3-2-4-10-23;;/h7-8,13-15,20H,2-6,9-12H2,1H3;2*1H. The van der Waals surface area contributed by atoms with Crippen molar-refractivity contribution in [3.05, 3.63) is 18.0 Å². The number of halogens is 2. The van der Waals surface area contributed by atoms with Crippen molar-refractivity contribution in [2.24, 2.45) is 0 Å². The van der Waals surface area contributed by atoms with Gasteiger partial charge in [-0.1, -0.05) is 0 Å². The molecule has 0 saturated carbocycles. The van der Waals surface area contributed by atoms with Crippen molar-refractivity contribution in [3.8, 4) is 0 Å². The van der Waals surface area contributed by atoms with Crippen LogP contribution in [0.4, 0.5) is 5.95 Å². The molecule has 6 nitrogen and oxygen atoms in total. The molecule has 1 aromatic heterocycles. The van der Waals surface area contributed by atoms with Gasteiger partial charge in [0.25, 0.3) is 5.91 Å². The lowest BCUT2D eigenvalue weighted by Gasteiger charge is -2.35. The predicted molar refractivity (Wildman–Crippen MR) is 108 cm³/mol. The molecule has 3 fully saturated rings. The van der Waals surface area contributed by atoms with E-state index in [4.69, 9.17) is 0 Å². The molecule has 3 aliphatic heterocycles. The maximum Gasteiger partial charge on any atom is 0.272 e. The maximum atomic E-state index is 12.9. The van der Waals surface area contributed by atoms with Gasteiger partial charge in [-0.3, -0.25) is 4.79 Å². The molecule has 4 rings (SSSR count). The number of nitrogens with one attached hydrogen (secondary N) is 1. The predicted octanol–water partition coefficient (Wildman–Crippen LogP) is 2.67. The number of fused-ring (bicyclic) bond motifs is 2. The summed E-state index contributed by atoms with van der Waals surface area (Å²) in [6, 6.07) is 3.24. The number of hydrogen-bond acceptors (Lipinski definition) is 5. The van der Waals surface area contributed by atoms with E-state index in [1.165, 1.54) is 32.1 Å². The highest BCUT2D eigenvalue weighted by Crippen LogP contribution is 2.29. The smallest absolute Gasteiger partial charge is 0.272 e. The van der Waals surface area contributed by atoms with Crippen LogP contribution in [-0.2, 0) is 0 Å². The van der Waals surface area contributed by atoms with Crippen molar-refractivity contribution < 1.29 is 4.79 Å². The fraction of sp³-hybridized carbons (Fsp3) is 0.722. The third kappa shape index (κ3) is 4.41. The van der Waals surface area contributed by atoms with Gasteiger partial charge in [0.1, 0.15) is 5.69 Å². The zero-order valence-electron chi connectivity index (χ0n) is 15.3. The molecule has 1 amide bonds. The molecule has 0 aromatic carbocycles. The highest BCUT2D eigenvalue weighted by Gasteiger charge is 2.36. The molecule has 2 atom stereocenters. The number of aromatic nitrogens is 2. The molecule has 0 radical (unpaired) electrons. The summed E-state index contributed by atoms with van der Waals surface area (Å²) in [5.74, 6) is 0.737. The maximum absolute atomic E-state index is 12.9. The summed E-state index contributed by atoms with van der Waals surface area (Å²) in [6.07, 6.45) is 9.97. The molecule has 1 aromatic rings. The van der Waals surface area contributed by atoms with Crippen LogP contribution >= 0.6 is 24.8 Å². The Morgan fingerprint density at radius 3 is 2.46 bits per heavy atom. The number of piperidine rings is 2. The number of hydrogen-bond donors (Lipinski definition) is 1. The molecule has 2 unspecified atom stereocenters. The highest BCUT2D eigenvalue weighted by atomic mass is 35.5. The fourth-order valence-corrected chi connectivity index (χ4v) is 4.40. The van der Waals surface area contributed by atoms with Gasteiger partial charge in [-0.2, -0.15) is 0 Å². The minimum Gasteiger partial charge on any atom is -0.341 e. The van der Waals surface area contributed by atoms with Crippen LogP contribution in [0.5, 0.6) is 0 Å². The number of carbonyl (C=O) groups excluding carboxylic acids is 1. The quantitative estimate of drug-likeness (QED) is 0.843. The Labute approximate surface area is 167 Å². The highest BCUT2D eigenvalue weighted by molar-refractivity contribution is 5.92. The Balaban J connectivity index is 0.00000121. The van der Waals surface area contributed by atoms with Crippen molar-refractivity contribution in [1.82, 2.24) is 20.2 Å². The molecule has 26 heavy (non-hydrogen) atoms. The Bertz CT molecular complexity index is 599. The number of carbonyl (C=O) groups is 1. The van der Waals surface area contributed by atoms with Crippen LogP contribution in [0, 0.1) is 0 Å². The average molecular weight is 402 g/mol. The second-order valence-electron chi connectivity index (χ2n) is 7.47. The van der Waals surface area contributed by atoms with E-state index in [1.54, 1.807) is 12.3 Å². The molecular weight excluding hydrogens is 373 g/mol. The number of nitrogens with zero attached hydrogens (tertiary/aromatic N) is 4. The van der Waals surface area contributed by atoms with E-state index in [-0.39, 0.29) is 30.7 Å². The largest absolute Gasteiger partial charge is 0.341 e. The van der Waals surface area contributed by atoms with E-state index >= 15 is 0 Å². The van der Waals surface area contributed by atoms with Crippen LogP contribution in [0.15, 0.2) is 12.3 Å². The summed E-state index contributed by atoms with van der Waals surface area (Å²) < 4.78 is 0. The lowest BCUT2D eigenvalue weighted by molar-refractivity contribution is 0.0675. The van der Waals surface area contributed by atoms with Crippen LogP contribution in [0.25, 0.3) is 0 Å². The van der Waals surface area contributed by atoms with Gasteiger partial charge in [0.05, 0.1) is 0 Å². The van der Waals surface area contributed by atoms with Crippen molar-refractivity contribution in [2.75, 3.05) is 25.0 Å². The fourth-order valence-electron chi connectivity index (χ4n) is 4.40. The van der Waals surface area contributed by atoms with Crippen LogP contribution in [0.1, 0.15) is 55.4 Å². The van der Waals surface area contributed by atoms with E-state index in [1.807, 2.05) is 11.9 Å². The van der Waals surface area contributed by atoms with Gasteiger partial charge in [0.15, 0.2) is 0 Å². The van der Waals surface area contributed by atoms with Crippen molar-refractivity contribution >= 4 is 36.7 Å². The summed E-state index contributed by atoms with van der Waals surface area (Å²) >= 11 is 0. The molecule has 1 N–H and O–H groups in total. The normalized spacial score (nSPS) is 27.3. The van der Waals surface area contributed by atoms with Crippen molar-refractivity contribution in [3.63, 3.8) is 0 Å². The molecule has 0 spiro atoms. The zero-order valence-corrected chi connectivity index (χ0v) is 16.9. The monoisotopic (exact) mass is 401 g/mol. The van der Waals surface area contributed by atoms with Gasteiger partial charge < -0.3 is 15.1 Å². The minimum atomic E-state index is 0. The minimum absolute atomic E-state index is 0. The van der Waals surface area contributed by atoms with Gasteiger partial charge in [-0.25, -0.2) is 9.97 Å². The first-order valence-electron chi connectivity index (χ1n) is 9.32.